The van der Waals surface area contributed by atoms with Crippen molar-refractivity contribution in [3.63, 3.8) is 0 Å². The number of hydrogen-bond donors (Lipinski definition) is 1. The number of benzene rings is 3. The number of anilines is 1. The van der Waals surface area contributed by atoms with Gasteiger partial charge in [0.2, 0.25) is 0 Å². The quantitative estimate of drug-likeness (QED) is 0.693. The van der Waals surface area contributed by atoms with E-state index in [-0.39, 0.29) is 12.4 Å². The van der Waals surface area contributed by atoms with Crippen molar-refractivity contribution in [3.8, 4) is 17.2 Å². The van der Waals surface area contributed by atoms with E-state index in [1.165, 1.54) is 6.07 Å². The lowest BCUT2D eigenvalue weighted by molar-refractivity contribution is -0.118. The Labute approximate surface area is 149 Å². The van der Waals surface area contributed by atoms with E-state index in [2.05, 4.69) is 5.32 Å². The van der Waals surface area contributed by atoms with E-state index in [1.807, 2.05) is 30.3 Å². The van der Waals surface area contributed by atoms with E-state index in [1.54, 1.807) is 24.3 Å². The largest absolute Gasteiger partial charge is 0.484 e. The monoisotopic (exact) mass is 355 g/mol. The summed E-state index contributed by atoms with van der Waals surface area (Å²) in [5, 5.41) is 2.64. The van der Waals surface area contributed by atoms with Gasteiger partial charge in [-0.25, -0.2) is 8.78 Å². The Hall–Kier alpha value is -3.41. The van der Waals surface area contributed by atoms with Crippen LogP contribution >= 0.6 is 0 Å². The van der Waals surface area contributed by atoms with Crippen molar-refractivity contribution in [1.82, 2.24) is 0 Å². The molecule has 0 atom stereocenters. The molecule has 0 spiro atoms. The summed E-state index contributed by atoms with van der Waals surface area (Å²) in [5.74, 6) is -1.01. The smallest absolute Gasteiger partial charge is 0.262 e. The predicted molar refractivity (Wildman–Crippen MR) is 93.4 cm³/mol. The molecule has 0 bridgehead atoms. The minimum Gasteiger partial charge on any atom is -0.484 e. The number of carbonyl (C=O) groups excluding carboxylic acids is 1. The van der Waals surface area contributed by atoms with Crippen LogP contribution in [0.15, 0.2) is 72.8 Å². The molecule has 3 rings (SSSR count). The summed E-state index contributed by atoms with van der Waals surface area (Å²) >= 11 is 0. The van der Waals surface area contributed by atoms with Gasteiger partial charge in [0.05, 0.1) is 0 Å². The summed E-state index contributed by atoms with van der Waals surface area (Å²) < 4.78 is 36.7. The molecule has 0 saturated carbocycles. The van der Waals surface area contributed by atoms with Crippen LogP contribution in [0.1, 0.15) is 0 Å². The maximum atomic E-state index is 13.1. The standard InChI is InChI=1S/C20H15F2NO3/c21-18-11-10-17(12-19(18)22)25-13-20(24)23-14-6-8-16(9-7-14)26-15-4-2-1-3-5-15/h1-12H,13H2,(H,23,24). The van der Waals surface area contributed by atoms with Crippen LogP contribution in [0.5, 0.6) is 17.2 Å². The van der Waals surface area contributed by atoms with E-state index in [0.717, 1.165) is 12.1 Å². The molecular weight excluding hydrogens is 340 g/mol. The molecule has 132 valence electrons. The Bertz CT molecular complexity index is 883. The van der Waals surface area contributed by atoms with Crippen LogP contribution in [0.25, 0.3) is 0 Å². The molecule has 0 fully saturated rings. The van der Waals surface area contributed by atoms with Crippen LogP contribution in [0.4, 0.5) is 14.5 Å². The van der Waals surface area contributed by atoms with Gasteiger partial charge in [-0.2, -0.15) is 0 Å². The lowest BCUT2D eigenvalue weighted by atomic mass is 10.3. The van der Waals surface area contributed by atoms with Gasteiger partial charge in [-0.1, -0.05) is 18.2 Å². The lowest BCUT2D eigenvalue weighted by Crippen LogP contribution is -2.20. The Kier molecular flexibility index (Phi) is 5.43. The number of hydrogen-bond acceptors (Lipinski definition) is 3. The minimum atomic E-state index is -1.03. The molecule has 26 heavy (non-hydrogen) atoms. The molecule has 0 aromatic heterocycles. The summed E-state index contributed by atoms with van der Waals surface area (Å²) in [4.78, 5) is 11.9. The van der Waals surface area contributed by atoms with Crippen molar-refractivity contribution in [3.05, 3.63) is 84.4 Å². The van der Waals surface area contributed by atoms with Gasteiger partial charge in [0, 0.05) is 11.8 Å². The first kappa shape index (κ1) is 17.4. The van der Waals surface area contributed by atoms with E-state index in [9.17, 15) is 13.6 Å². The average Bonchev–Trinajstić information content (AvgIpc) is 2.65. The minimum absolute atomic E-state index is 0.0747. The summed E-state index contributed by atoms with van der Waals surface area (Å²) in [5.41, 5.74) is 0.560. The molecular formula is C20H15F2NO3. The first-order chi connectivity index (χ1) is 12.6. The molecule has 3 aromatic carbocycles. The average molecular weight is 355 g/mol. The molecule has 0 radical (unpaired) electrons. The van der Waals surface area contributed by atoms with Crippen LogP contribution in [-0.4, -0.2) is 12.5 Å². The number of amides is 1. The first-order valence-electron chi connectivity index (χ1n) is 7.81. The van der Waals surface area contributed by atoms with Crippen molar-refractivity contribution in [1.29, 1.82) is 0 Å². The zero-order valence-electron chi connectivity index (χ0n) is 13.6. The van der Waals surface area contributed by atoms with Gasteiger partial charge in [0.25, 0.3) is 5.91 Å². The summed E-state index contributed by atoms with van der Waals surface area (Å²) in [6.07, 6.45) is 0. The van der Waals surface area contributed by atoms with Crippen LogP contribution in [0.3, 0.4) is 0 Å². The highest BCUT2D eigenvalue weighted by Crippen LogP contribution is 2.22. The van der Waals surface area contributed by atoms with Crippen LogP contribution in [-0.2, 0) is 4.79 Å². The fourth-order valence-corrected chi connectivity index (χ4v) is 2.14. The molecule has 0 aliphatic heterocycles. The van der Waals surface area contributed by atoms with Crippen molar-refractivity contribution in [2.45, 2.75) is 0 Å². The Morgan fingerprint density at radius 1 is 0.808 bits per heavy atom. The van der Waals surface area contributed by atoms with Gasteiger partial charge in [0.1, 0.15) is 17.2 Å². The Morgan fingerprint density at radius 3 is 2.15 bits per heavy atom. The topological polar surface area (TPSA) is 47.6 Å². The van der Waals surface area contributed by atoms with Crippen molar-refractivity contribution in [2.75, 3.05) is 11.9 Å². The Balaban J connectivity index is 1.51. The lowest BCUT2D eigenvalue weighted by Gasteiger charge is -2.09. The fraction of sp³-hybridized carbons (Fsp3) is 0.0500. The summed E-state index contributed by atoms with van der Waals surface area (Å²) in [7, 11) is 0. The summed E-state index contributed by atoms with van der Waals surface area (Å²) in [6.45, 7) is -0.326. The maximum absolute atomic E-state index is 13.1. The predicted octanol–water partition coefficient (Wildman–Crippen LogP) is 4.77. The molecule has 3 aromatic rings. The first-order valence-corrected chi connectivity index (χ1v) is 7.81. The maximum Gasteiger partial charge on any atom is 0.262 e. The van der Waals surface area contributed by atoms with Crippen molar-refractivity contribution < 1.29 is 23.0 Å². The number of rotatable bonds is 6. The third kappa shape index (κ3) is 4.80. The van der Waals surface area contributed by atoms with Crippen LogP contribution in [0, 0.1) is 11.6 Å². The zero-order chi connectivity index (χ0) is 18.4. The molecule has 0 unspecified atom stereocenters. The highest BCUT2D eigenvalue weighted by Gasteiger charge is 2.07. The van der Waals surface area contributed by atoms with Gasteiger partial charge >= 0.3 is 0 Å². The van der Waals surface area contributed by atoms with Gasteiger partial charge in [-0.15, -0.1) is 0 Å². The molecule has 4 nitrogen and oxygen atoms in total. The molecule has 1 amide bonds. The second kappa shape index (κ2) is 8.11. The SMILES string of the molecule is O=C(COc1ccc(F)c(F)c1)Nc1ccc(Oc2ccccc2)cc1. The summed E-state index contributed by atoms with van der Waals surface area (Å²) in [6, 6.07) is 19.2. The molecule has 1 N–H and O–H groups in total. The Morgan fingerprint density at radius 2 is 1.46 bits per heavy atom. The molecule has 0 heterocycles. The number of nitrogens with one attached hydrogen (secondary N) is 1. The van der Waals surface area contributed by atoms with E-state index in [0.29, 0.717) is 17.2 Å². The number of para-hydroxylation sites is 1. The number of ether oxygens (including phenoxy) is 2. The number of carbonyl (C=O) groups is 1. The second-order valence-electron chi connectivity index (χ2n) is 5.35. The number of halogens is 2. The van der Waals surface area contributed by atoms with Crippen molar-refractivity contribution in [2.24, 2.45) is 0 Å². The normalized spacial score (nSPS) is 10.2. The van der Waals surface area contributed by atoms with Crippen LogP contribution < -0.4 is 14.8 Å². The van der Waals surface area contributed by atoms with Gasteiger partial charge in [-0.3, -0.25) is 4.79 Å². The van der Waals surface area contributed by atoms with E-state index in [4.69, 9.17) is 9.47 Å². The van der Waals surface area contributed by atoms with Crippen molar-refractivity contribution >= 4 is 11.6 Å². The highest BCUT2D eigenvalue weighted by atomic mass is 19.2. The zero-order valence-corrected chi connectivity index (χ0v) is 13.6. The van der Waals surface area contributed by atoms with Crippen LogP contribution in [0.2, 0.25) is 0 Å². The third-order valence-corrected chi connectivity index (χ3v) is 3.38. The van der Waals surface area contributed by atoms with Gasteiger partial charge < -0.3 is 14.8 Å². The molecule has 0 saturated heterocycles. The van der Waals surface area contributed by atoms with E-state index < -0.39 is 17.5 Å². The fourth-order valence-electron chi connectivity index (χ4n) is 2.14. The third-order valence-electron chi connectivity index (χ3n) is 3.38. The van der Waals surface area contributed by atoms with E-state index >= 15 is 0 Å². The molecule has 6 heteroatoms. The highest BCUT2D eigenvalue weighted by molar-refractivity contribution is 5.91. The van der Waals surface area contributed by atoms with Gasteiger partial charge in [-0.05, 0) is 48.5 Å². The molecule has 0 aliphatic rings. The molecule has 0 aliphatic carbocycles. The second-order valence-corrected chi connectivity index (χ2v) is 5.35. The van der Waals surface area contributed by atoms with Gasteiger partial charge in [0.15, 0.2) is 18.2 Å².